The van der Waals surface area contributed by atoms with Gasteiger partial charge < -0.3 is 10.2 Å². The Kier molecular flexibility index (Phi) is 20.8. The molecule has 0 heterocycles. The first-order valence-corrected chi connectivity index (χ1v) is 9.97. The van der Waals surface area contributed by atoms with E-state index in [0.29, 0.717) is 0 Å². The van der Waals surface area contributed by atoms with E-state index < -0.39 is 0 Å². The van der Waals surface area contributed by atoms with Crippen LogP contribution in [-0.4, -0.2) is 26.2 Å². The molecule has 0 rings (SSSR count). The summed E-state index contributed by atoms with van der Waals surface area (Å²) in [5.41, 5.74) is 3.06. The van der Waals surface area contributed by atoms with Gasteiger partial charge in [-0.2, -0.15) is 0 Å². The second kappa shape index (κ2) is 20.9. The molecule has 0 aliphatic carbocycles. The van der Waals surface area contributed by atoms with E-state index >= 15 is 0 Å². The number of hydrogen-bond acceptors (Lipinski definition) is 3. The summed E-state index contributed by atoms with van der Waals surface area (Å²) >= 11 is 0. The summed E-state index contributed by atoms with van der Waals surface area (Å²) in [6, 6.07) is 0. The van der Waals surface area contributed by atoms with Gasteiger partial charge in [-0.05, 0) is 32.4 Å². The minimum atomic E-state index is 0.861. The molecule has 22 heavy (non-hydrogen) atoms. The van der Waals surface area contributed by atoms with Gasteiger partial charge in [-0.15, -0.1) is 0 Å². The fourth-order valence-corrected chi connectivity index (χ4v) is 2.57. The molecule has 0 radical (unpaired) electrons. The minimum Gasteiger partial charge on any atom is -0.317 e. The molecule has 0 saturated heterocycles. The number of rotatable bonds is 19. The molecule has 0 atom stereocenters. The summed E-state index contributed by atoms with van der Waals surface area (Å²) in [6.45, 7) is 8.50. The van der Waals surface area contributed by atoms with Crippen molar-refractivity contribution in [2.24, 2.45) is 0 Å². The predicted molar refractivity (Wildman–Crippen MR) is 98.2 cm³/mol. The Morgan fingerprint density at radius 1 is 0.545 bits per heavy atom. The number of unbranched alkanes of at least 4 members (excludes halogenated alkanes) is 10. The molecule has 0 aromatic heterocycles. The molecular formula is C19H42N2O. The minimum absolute atomic E-state index is 0.861. The standard InChI is InChI=1S/C19H42N2O/c1-3-5-6-7-8-9-10-11-12-13-14-19-22-21-18-15-17-20-16-4-2/h20-21H,3-19H2,1-2H3. The molecule has 0 amide bonds. The topological polar surface area (TPSA) is 33.3 Å². The molecule has 3 nitrogen and oxygen atoms in total. The molecule has 134 valence electrons. The van der Waals surface area contributed by atoms with Crippen LogP contribution in [0.15, 0.2) is 0 Å². The molecule has 0 spiro atoms. The molecule has 0 fully saturated rings. The third kappa shape index (κ3) is 19.9. The number of nitrogens with one attached hydrogen (secondary N) is 2. The summed E-state index contributed by atoms with van der Waals surface area (Å²) < 4.78 is 0. The summed E-state index contributed by atoms with van der Waals surface area (Å²) in [7, 11) is 0. The first-order valence-electron chi connectivity index (χ1n) is 9.97. The third-order valence-corrected chi connectivity index (χ3v) is 4.01. The molecule has 0 saturated carbocycles. The molecule has 0 aromatic carbocycles. The molecule has 0 bridgehead atoms. The van der Waals surface area contributed by atoms with Gasteiger partial charge in [0.25, 0.3) is 0 Å². The number of hydroxylamine groups is 1. The zero-order chi connectivity index (χ0) is 16.1. The molecule has 2 N–H and O–H groups in total. The van der Waals surface area contributed by atoms with Crippen LogP contribution < -0.4 is 10.8 Å². The molecule has 0 aliphatic rings. The molecule has 3 heteroatoms. The van der Waals surface area contributed by atoms with Crippen molar-refractivity contribution in [1.29, 1.82) is 0 Å². The first-order chi connectivity index (χ1) is 10.9. The van der Waals surface area contributed by atoms with Gasteiger partial charge >= 0.3 is 0 Å². The Bertz CT molecular complexity index is 168. The second-order valence-electron chi connectivity index (χ2n) is 6.38. The normalized spacial score (nSPS) is 11.2. The first kappa shape index (κ1) is 21.9. The smallest absolute Gasteiger partial charge is 0.0682 e. The quantitative estimate of drug-likeness (QED) is 0.254. The highest BCUT2D eigenvalue weighted by atomic mass is 16.6. The van der Waals surface area contributed by atoms with Crippen LogP contribution in [0.5, 0.6) is 0 Å². The van der Waals surface area contributed by atoms with Crippen molar-refractivity contribution in [2.45, 2.75) is 97.3 Å². The average Bonchev–Trinajstić information content (AvgIpc) is 2.54. The third-order valence-electron chi connectivity index (χ3n) is 4.01. The van der Waals surface area contributed by atoms with E-state index in [0.717, 1.165) is 32.7 Å². The van der Waals surface area contributed by atoms with Crippen molar-refractivity contribution < 1.29 is 4.84 Å². The molecule has 0 aromatic rings. The summed E-state index contributed by atoms with van der Waals surface area (Å²) in [5.74, 6) is 0. The summed E-state index contributed by atoms with van der Waals surface area (Å²) in [4.78, 5) is 5.45. The Hall–Kier alpha value is -0.120. The predicted octanol–water partition coefficient (Wildman–Crippen LogP) is 5.21. The van der Waals surface area contributed by atoms with Gasteiger partial charge in [0.15, 0.2) is 0 Å². The van der Waals surface area contributed by atoms with E-state index in [4.69, 9.17) is 4.84 Å². The maximum absolute atomic E-state index is 5.45. The van der Waals surface area contributed by atoms with E-state index in [1.54, 1.807) is 0 Å². The molecule has 0 aliphatic heterocycles. The van der Waals surface area contributed by atoms with Gasteiger partial charge in [0.1, 0.15) is 0 Å². The van der Waals surface area contributed by atoms with Gasteiger partial charge in [-0.25, -0.2) is 5.48 Å². The Morgan fingerprint density at radius 2 is 1.14 bits per heavy atom. The van der Waals surface area contributed by atoms with Crippen molar-refractivity contribution in [1.82, 2.24) is 10.8 Å². The lowest BCUT2D eigenvalue weighted by Gasteiger charge is -2.06. The van der Waals surface area contributed by atoms with Crippen molar-refractivity contribution in [2.75, 3.05) is 26.2 Å². The van der Waals surface area contributed by atoms with Crippen LogP contribution in [0.25, 0.3) is 0 Å². The SMILES string of the molecule is CCCCCCCCCCCCCONCCCNCCC. The number of hydrogen-bond donors (Lipinski definition) is 2. The summed E-state index contributed by atoms with van der Waals surface area (Å²) in [5, 5.41) is 3.39. The van der Waals surface area contributed by atoms with Crippen LogP contribution in [0, 0.1) is 0 Å². The van der Waals surface area contributed by atoms with E-state index in [2.05, 4.69) is 24.6 Å². The fourth-order valence-electron chi connectivity index (χ4n) is 2.57. The largest absolute Gasteiger partial charge is 0.317 e. The van der Waals surface area contributed by atoms with Crippen molar-refractivity contribution >= 4 is 0 Å². The van der Waals surface area contributed by atoms with Crippen molar-refractivity contribution in [3.05, 3.63) is 0 Å². The van der Waals surface area contributed by atoms with Crippen LogP contribution in [-0.2, 0) is 4.84 Å². The Balaban J connectivity index is 2.91. The Morgan fingerprint density at radius 3 is 1.73 bits per heavy atom. The van der Waals surface area contributed by atoms with Gasteiger partial charge in [0, 0.05) is 6.54 Å². The lowest BCUT2D eigenvalue weighted by atomic mass is 10.1. The Labute approximate surface area is 139 Å². The maximum Gasteiger partial charge on any atom is 0.0682 e. The van der Waals surface area contributed by atoms with Crippen LogP contribution in [0.4, 0.5) is 0 Å². The highest BCUT2D eigenvalue weighted by molar-refractivity contribution is 4.48. The lowest BCUT2D eigenvalue weighted by Crippen LogP contribution is -2.23. The lowest BCUT2D eigenvalue weighted by molar-refractivity contribution is 0.0381. The second-order valence-corrected chi connectivity index (χ2v) is 6.38. The molecule has 0 unspecified atom stereocenters. The van der Waals surface area contributed by atoms with Gasteiger partial charge in [-0.3, -0.25) is 0 Å². The van der Waals surface area contributed by atoms with Gasteiger partial charge in [0.05, 0.1) is 6.61 Å². The van der Waals surface area contributed by atoms with Crippen molar-refractivity contribution in [3.63, 3.8) is 0 Å². The van der Waals surface area contributed by atoms with Crippen LogP contribution >= 0.6 is 0 Å². The van der Waals surface area contributed by atoms with Crippen LogP contribution in [0.2, 0.25) is 0 Å². The highest BCUT2D eigenvalue weighted by Crippen LogP contribution is 2.11. The van der Waals surface area contributed by atoms with Gasteiger partial charge in [0.2, 0.25) is 0 Å². The fraction of sp³-hybridized carbons (Fsp3) is 1.00. The molecular weight excluding hydrogens is 272 g/mol. The zero-order valence-corrected chi connectivity index (χ0v) is 15.4. The van der Waals surface area contributed by atoms with Crippen LogP contribution in [0.1, 0.15) is 97.3 Å². The maximum atomic E-state index is 5.45. The average molecular weight is 315 g/mol. The van der Waals surface area contributed by atoms with Crippen LogP contribution in [0.3, 0.4) is 0 Å². The van der Waals surface area contributed by atoms with E-state index in [9.17, 15) is 0 Å². The van der Waals surface area contributed by atoms with E-state index in [1.807, 2.05) is 0 Å². The zero-order valence-electron chi connectivity index (χ0n) is 15.4. The highest BCUT2D eigenvalue weighted by Gasteiger charge is 1.94. The van der Waals surface area contributed by atoms with Gasteiger partial charge in [-0.1, -0.05) is 78.1 Å². The van der Waals surface area contributed by atoms with E-state index in [1.165, 1.54) is 77.0 Å². The van der Waals surface area contributed by atoms with Crippen molar-refractivity contribution in [3.8, 4) is 0 Å². The monoisotopic (exact) mass is 314 g/mol. The van der Waals surface area contributed by atoms with E-state index in [-0.39, 0.29) is 0 Å². The summed E-state index contributed by atoms with van der Waals surface area (Å²) in [6.07, 6.45) is 17.6.